The molecule has 1 aromatic rings. The van der Waals surface area contributed by atoms with Crippen LogP contribution >= 0.6 is 0 Å². The molecule has 1 saturated heterocycles. The predicted molar refractivity (Wildman–Crippen MR) is 80.1 cm³/mol. The Morgan fingerprint density at radius 3 is 2.40 bits per heavy atom. The number of likely N-dealkylation sites (tertiary alicyclic amines) is 1. The largest absolute Gasteiger partial charge is 0.491 e. The maximum Gasteiger partial charge on any atom is 0.119 e. The van der Waals surface area contributed by atoms with Crippen molar-refractivity contribution >= 4 is 0 Å². The topological polar surface area (TPSA) is 32.7 Å². The standard InChI is InChI=1S/C17H25NO2/c1-14-5-7-16(8-6-14)20-13-17(19)9-11-18(12-10-17)15-3-2-4-15/h5-8,15,19H,2-4,9-13H2,1H3. The lowest BCUT2D eigenvalue weighted by Crippen LogP contribution is -2.52. The van der Waals surface area contributed by atoms with Gasteiger partial charge < -0.3 is 14.7 Å². The minimum absolute atomic E-state index is 0.411. The first kappa shape index (κ1) is 13.9. The number of rotatable bonds is 4. The van der Waals surface area contributed by atoms with E-state index in [9.17, 15) is 5.11 Å². The first-order valence-electron chi connectivity index (χ1n) is 7.81. The van der Waals surface area contributed by atoms with E-state index in [-0.39, 0.29) is 0 Å². The van der Waals surface area contributed by atoms with Gasteiger partial charge in [-0.3, -0.25) is 0 Å². The van der Waals surface area contributed by atoms with Crippen LogP contribution in [0.3, 0.4) is 0 Å². The van der Waals surface area contributed by atoms with Gasteiger partial charge >= 0.3 is 0 Å². The molecule has 1 aliphatic heterocycles. The molecule has 110 valence electrons. The van der Waals surface area contributed by atoms with Crippen molar-refractivity contribution in [1.82, 2.24) is 4.90 Å². The third kappa shape index (κ3) is 3.15. The van der Waals surface area contributed by atoms with E-state index in [1.165, 1.54) is 24.8 Å². The normalized spacial score (nSPS) is 23.3. The van der Waals surface area contributed by atoms with Gasteiger partial charge in [0.1, 0.15) is 18.0 Å². The highest BCUT2D eigenvalue weighted by atomic mass is 16.5. The molecule has 2 aliphatic rings. The van der Waals surface area contributed by atoms with Gasteiger partial charge in [-0.25, -0.2) is 0 Å². The van der Waals surface area contributed by atoms with Crippen LogP contribution in [0.1, 0.15) is 37.7 Å². The summed E-state index contributed by atoms with van der Waals surface area (Å²) in [6, 6.07) is 8.82. The summed E-state index contributed by atoms with van der Waals surface area (Å²) in [7, 11) is 0. The molecule has 1 heterocycles. The zero-order chi connectivity index (χ0) is 14.0. The highest BCUT2D eigenvalue weighted by molar-refractivity contribution is 5.26. The lowest BCUT2D eigenvalue weighted by molar-refractivity contribution is -0.0653. The van der Waals surface area contributed by atoms with Gasteiger partial charge in [0.15, 0.2) is 0 Å². The van der Waals surface area contributed by atoms with Gasteiger partial charge in [0, 0.05) is 19.1 Å². The Bertz CT molecular complexity index is 431. The summed E-state index contributed by atoms with van der Waals surface area (Å²) in [4.78, 5) is 2.55. The number of piperidine rings is 1. The van der Waals surface area contributed by atoms with E-state index in [2.05, 4.69) is 11.8 Å². The van der Waals surface area contributed by atoms with Crippen molar-refractivity contribution in [1.29, 1.82) is 0 Å². The van der Waals surface area contributed by atoms with Crippen molar-refractivity contribution < 1.29 is 9.84 Å². The molecule has 3 rings (SSSR count). The number of aliphatic hydroxyl groups is 1. The molecule has 1 saturated carbocycles. The molecule has 0 unspecified atom stereocenters. The molecule has 0 bridgehead atoms. The summed E-state index contributed by atoms with van der Waals surface area (Å²) in [5.74, 6) is 0.852. The van der Waals surface area contributed by atoms with E-state index < -0.39 is 5.60 Å². The maximum atomic E-state index is 10.6. The Kier molecular flexibility index (Phi) is 3.99. The van der Waals surface area contributed by atoms with E-state index >= 15 is 0 Å². The van der Waals surface area contributed by atoms with Gasteiger partial charge in [0.05, 0.1) is 0 Å². The molecule has 2 fully saturated rings. The summed E-state index contributed by atoms with van der Waals surface area (Å²) in [6.45, 7) is 4.50. The van der Waals surface area contributed by atoms with Crippen LogP contribution in [0.5, 0.6) is 5.75 Å². The van der Waals surface area contributed by atoms with Crippen LogP contribution < -0.4 is 4.74 Å². The van der Waals surface area contributed by atoms with Crippen molar-refractivity contribution in [2.45, 2.75) is 50.7 Å². The SMILES string of the molecule is Cc1ccc(OCC2(O)CCN(C3CCC3)CC2)cc1. The van der Waals surface area contributed by atoms with E-state index in [1.54, 1.807) is 0 Å². The van der Waals surface area contributed by atoms with Crippen LogP contribution in [0.15, 0.2) is 24.3 Å². The monoisotopic (exact) mass is 275 g/mol. The van der Waals surface area contributed by atoms with Crippen molar-refractivity contribution in [2.24, 2.45) is 0 Å². The molecule has 0 atom stereocenters. The minimum Gasteiger partial charge on any atom is -0.491 e. The molecule has 0 radical (unpaired) electrons. The molecule has 3 heteroatoms. The molecule has 0 spiro atoms. The number of nitrogens with zero attached hydrogens (tertiary/aromatic N) is 1. The number of benzene rings is 1. The van der Waals surface area contributed by atoms with Crippen LogP contribution in [0.4, 0.5) is 0 Å². The number of hydrogen-bond donors (Lipinski definition) is 1. The number of ether oxygens (including phenoxy) is 1. The molecule has 1 aliphatic carbocycles. The Morgan fingerprint density at radius 1 is 1.20 bits per heavy atom. The van der Waals surface area contributed by atoms with Crippen molar-refractivity contribution in [3.63, 3.8) is 0 Å². The molecule has 0 amide bonds. The fourth-order valence-electron chi connectivity index (χ4n) is 3.05. The minimum atomic E-state index is -0.648. The Hall–Kier alpha value is -1.06. The highest BCUT2D eigenvalue weighted by Gasteiger charge is 2.36. The Morgan fingerprint density at radius 2 is 1.85 bits per heavy atom. The zero-order valence-corrected chi connectivity index (χ0v) is 12.3. The van der Waals surface area contributed by atoms with Gasteiger partial charge in [-0.2, -0.15) is 0 Å². The molecule has 20 heavy (non-hydrogen) atoms. The maximum absolute atomic E-state index is 10.6. The van der Waals surface area contributed by atoms with Crippen molar-refractivity contribution in [3.8, 4) is 5.75 Å². The van der Waals surface area contributed by atoms with Gasteiger partial charge in [-0.1, -0.05) is 24.1 Å². The quantitative estimate of drug-likeness (QED) is 0.917. The van der Waals surface area contributed by atoms with Gasteiger partial charge in [0.2, 0.25) is 0 Å². The molecular weight excluding hydrogens is 250 g/mol. The third-order valence-electron chi connectivity index (χ3n) is 4.85. The van der Waals surface area contributed by atoms with Crippen LogP contribution in [-0.2, 0) is 0 Å². The highest BCUT2D eigenvalue weighted by Crippen LogP contribution is 2.31. The summed E-state index contributed by atoms with van der Waals surface area (Å²) >= 11 is 0. The van der Waals surface area contributed by atoms with Gasteiger partial charge in [0.25, 0.3) is 0 Å². The zero-order valence-electron chi connectivity index (χ0n) is 12.3. The summed E-state index contributed by atoms with van der Waals surface area (Å²) in [6.07, 6.45) is 5.73. The predicted octanol–water partition coefficient (Wildman–Crippen LogP) is 2.75. The van der Waals surface area contributed by atoms with E-state index in [0.29, 0.717) is 6.61 Å². The van der Waals surface area contributed by atoms with Crippen LogP contribution in [0, 0.1) is 6.92 Å². The van der Waals surface area contributed by atoms with Crippen LogP contribution in [-0.4, -0.2) is 41.3 Å². The summed E-state index contributed by atoms with van der Waals surface area (Å²) in [5, 5.41) is 10.6. The fourth-order valence-corrected chi connectivity index (χ4v) is 3.05. The second kappa shape index (κ2) is 5.74. The van der Waals surface area contributed by atoms with Crippen LogP contribution in [0.2, 0.25) is 0 Å². The number of aryl methyl sites for hydroxylation is 1. The average Bonchev–Trinajstić information content (AvgIpc) is 2.39. The molecular formula is C17H25NO2. The second-order valence-corrected chi connectivity index (χ2v) is 6.45. The van der Waals surface area contributed by atoms with Crippen LogP contribution in [0.25, 0.3) is 0 Å². The van der Waals surface area contributed by atoms with E-state index in [0.717, 1.165) is 37.7 Å². The first-order valence-corrected chi connectivity index (χ1v) is 7.81. The van der Waals surface area contributed by atoms with Crippen molar-refractivity contribution in [3.05, 3.63) is 29.8 Å². The Labute approximate surface area is 121 Å². The smallest absolute Gasteiger partial charge is 0.119 e. The van der Waals surface area contributed by atoms with Gasteiger partial charge in [-0.15, -0.1) is 0 Å². The molecule has 3 nitrogen and oxygen atoms in total. The summed E-state index contributed by atoms with van der Waals surface area (Å²) in [5.41, 5.74) is 0.579. The van der Waals surface area contributed by atoms with E-state index in [1.807, 2.05) is 24.3 Å². The van der Waals surface area contributed by atoms with Crippen molar-refractivity contribution in [2.75, 3.05) is 19.7 Å². The average molecular weight is 275 g/mol. The molecule has 0 aromatic heterocycles. The van der Waals surface area contributed by atoms with E-state index in [4.69, 9.17) is 4.74 Å². The number of hydrogen-bond acceptors (Lipinski definition) is 3. The lowest BCUT2D eigenvalue weighted by Gasteiger charge is -2.44. The summed E-state index contributed by atoms with van der Waals surface area (Å²) < 4.78 is 5.77. The van der Waals surface area contributed by atoms with Gasteiger partial charge in [-0.05, 0) is 44.7 Å². The lowest BCUT2D eigenvalue weighted by atomic mass is 9.86. The molecule has 1 N–H and O–H groups in total. The fraction of sp³-hybridized carbons (Fsp3) is 0.647. The Balaban J connectivity index is 1.48. The molecule has 1 aromatic carbocycles. The second-order valence-electron chi connectivity index (χ2n) is 6.45. The first-order chi connectivity index (χ1) is 9.65. The third-order valence-corrected chi connectivity index (χ3v) is 4.85.